The monoisotopic (exact) mass is 420 g/mol. The summed E-state index contributed by atoms with van der Waals surface area (Å²) >= 11 is 0. The van der Waals surface area contributed by atoms with Crippen molar-refractivity contribution in [3.8, 4) is 33.4 Å². The fourth-order valence-corrected chi connectivity index (χ4v) is 3.66. The average molecular weight is 420 g/mol. The van der Waals surface area contributed by atoms with Crippen LogP contribution in [0.1, 0.15) is 18.9 Å². The third-order valence-corrected chi connectivity index (χ3v) is 5.31. The van der Waals surface area contributed by atoms with E-state index in [9.17, 15) is 17.6 Å². The topological polar surface area (TPSA) is 0 Å². The highest BCUT2D eigenvalue weighted by Gasteiger charge is 2.13. The molecule has 156 valence electrons. The third kappa shape index (κ3) is 4.38. The van der Waals surface area contributed by atoms with Crippen LogP contribution in [0, 0.1) is 23.3 Å². The maximum absolute atomic E-state index is 14.9. The summed E-state index contributed by atoms with van der Waals surface area (Å²) in [4.78, 5) is 0. The van der Waals surface area contributed by atoms with Crippen LogP contribution in [0.25, 0.3) is 33.4 Å². The van der Waals surface area contributed by atoms with Gasteiger partial charge in [-0.05, 0) is 58.5 Å². The van der Waals surface area contributed by atoms with E-state index in [1.54, 1.807) is 18.2 Å². The van der Waals surface area contributed by atoms with Gasteiger partial charge in [0.15, 0.2) is 11.6 Å². The van der Waals surface area contributed by atoms with Crippen molar-refractivity contribution in [2.75, 3.05) is 0 Å². The van der Waals surface area contributed by atoms with E-state index >= 15 is 0 Å². The zero-order valence-corrected chi connectivity index (χ0v) is 16.9. The van der Waals surface area contributed by atoms with Gasteiger partial charge >= 0.3 is 0 Å². The first kappa shape index (κ1) is 20.9. The molecule has 31 heavy (non-hydrogen) atoms. The van der Waals surface area contributed by atoms with Gasteiger partial charge in [0.25, 0.3) is 0 Å². The van der Waals surface area contributed by atoms with Gasteiger partial charge in [-0.2, -0.15) is 0 Å². The lowest BCUT2D eigenvalue weighted by Crippen LogP contribution is -1.91. The molecule has 0 aliphatic rings. The predicted octanol–water partition coefficient (Wildman–Crippen LogP) is 8.20. The Labute approximate surface area is 178 Å². The SMILES string of the molecule is CCCc1ccc(-c2ccc(-c3ccc(-c4ccc(F)c(F)c4)c(F)c3)c(F)c2)cc1. The summed E-state index contributed by atoms with van der Waals surface area (Å²) in [7, 11) is 0. The van der Waals surface area contributed by atoms with Crippen molar-refractivity contribution in [2.45, 2.75) is 19.8 Å². The Morgan fingerprint density at radius 3 is 1.52 bits per heavy atom. The van der Waals surface area contributed by atoms with Crippen LogP contribution in [0.2, 0.25) is 0 Å². The molecule has 4 rings (SSSR count). The molecule has 0 bridgehead atoms. The second kappa shape index (κ2) is 8.76. The van der Waals surface area contributed by atoms with Crippen LogP contribution in [0.5, 0.6) is 0 Å². The second-order valence-electron chi connectivity index (χ2n) is 7.47. The zero-order chi connectivity index (χ0) is 22.0. The Morgan fingerprint density at radius 2 is 0.968 bits per heavy atom. The van der Waals surface area contributed by atoms with E-state index in [1.165, 1.54) is 29.8 Å². The fourth-order valence-electron chi connectivity index (χ4n) is 3.66. The molecule has 4 heteroatoms. The van der Waals surface area contributed by atoms with Gasteiger partial charge in [0.1, 0.15) is 11.6 Å². The molecule has 0 N–H and O–H groups in total. The fraction of sp³-hybridized carbons (Fsp3) is 0.111. The zero-order valence-electron chi connectivity index (χ0n) is 16.9. The van der Waals surface area contributed by atoms with Gasteiger partial charge in [-0.3, -0.25) is 0 Å². The van der Waals surface area contributed by atoms with Crippen molar-refractivity contribution < 1.29 is 17.6 Å². The first-order valence-electron chi connectivity index (χ1n) is 10.1. The van der Waals surface area contributed by atoms with Crippen LogP contribution in [-0.2, 0) is 6.42 Å². The summed E-state index contributed by atoms with van der Waals surface area (Å²) in [5.41, 5.74) is 3.85. The third-order valence-electron chi connectivity index (χ3n) is 5.31. The molecule has 0 saturated heterocycles. The van der Waals surface area contributed by atoms with Crippen molar-refractivity contribution in [3.05, 3.63) is 108 Å². The highest BCUT2D eigenvalue weighted by molar-refractivity contribution is 5.74. The van der Waals surface area contributed by atoms with Crippen LogP contribution < -0.4 is 0 Å². The Kier molecular flexibility index (Phi) is 5.90. The molecule has 0 aliphatic heterocycles. The Hall–Kier alpha value is -3.40. The summed E-state index contributed by atoms with van der Waals surface area (Å²) in [5, 5.41) is 0. The van der Waals surface area contributed by atoms with E-state index in [1.807, 2.05) is 24.3 Å². The lowest BCUT2D eigenvalue weighted by Gasteiger charge is -2.10. The van der Waals surface area contributed by atoms with Crippen LogP contribution in [0.3, 0.4) is 0 Å². The Morgan fingerprint density at radius 1 is 0.484 bits per heavy atom. The van der Waals surface area contributed by atoms with E-state index in [4.69, 9.17) is 0 Å². The van der Waals surface area contributed by atoms with Crippen LogP contribution in [0.4, 0.5) is 17.6 Å². The summed E-state index contributed by atoms with van der Waals surface area (Å²) in [5.74, 6) is -3.15. The van der Waals surface area contributed by atoms with Gasteiger partial charge in [-0.15, -0.1) is 0 Å². The van der Waals surface area contributed by atoms with Crippen molar-refractivity contribution in [2.24, 2.45) is 0 Å². The van der Waals surface area contributed by atoms with E-state index < -0.39 is 23.3 Å². The second-order valence-corrected chi connectivity index (χ2v) is 7.47. The molecule has 0 saturated carbocycles. The van der Waals surface area contributed by atoms with Gasteiger partial charge in [0, 0.05) is 11.1 Å². The van der Waals surface area contributed by atoms with E-state index in [2.05, 4.69) is 6.92 Å². The average Bonchev–Trinajstić information content (AvgIpc) is 2.76. The minimum Gasteiger partial charge on any atom is -0.206 e. The predicted molar refractivity (Wildman–Crippen MR) is 117 cm³/mol. The van der Waals surface area contributed by atoms with Crippen LogP contribution in [0.15, 0.2) is 78.9 Å². The van der Waals surface area contributed by atoms with Crippen molar-refractivity contribution in [1.82, 2.24) is 0 Å². The number of rotatable bonds is 5. The molecule has 0 nitrogen and oxygen atoms in total. The summed E-state index contributed by atoms with van der Waals surface area (Å²) in [6.07, 6.45) is 2.06. The lowest BCUT2D eigenvalue weighted by atomic mass is 9.96. The molecule has 0 atom stereocenters. The van der Waals surface area contributed by atoms with Gasteiger partial charge in [-0.1, -0.05) is 67.9 Å². The molecular weight excluding hydrogens is 400 g/mol. The van der Waals surface area contributed by atoms with E-state index in [0.717, 1.165) is 36.1 Å². The first-order valence-corrected chi connectivity index (χ1v) is 10.1. The molecule has 0 unspecified atom stereocenters. The molecule has 0 fully saturated rings. The maximum Gasteiger partial charge on any atom is 0.159 e. The minimum atomic E-state index is -1.05. The van der Waals surface area contributed by atoms with Gasteiger partial charge in [-0.25, -0.2) is 17.6 Å². The molecule has 4 aromatic carbocycles. The van der Waals surface area contributed by atoms with Crippen molar-refractivity contribution >= 4 is 0 Å². The maximum atomic E-state index is 14.9. The van der Waals surface area contributed by atoms with Gasteiger partial charge < -0.3 is 0 Å². The minimum absolute atomic E-state index is 0.117. The lowest BCUT2D eigenvalue weighted by molar-refractivity contribution is 0.509. The number of hydrogen-bond donors (Lipinski definition) is 0. The number of aryl methyl sites for hydroxylation is 1. The van der Waals surface area contributed by atoms with Gasteiger partial charge in [0.05, 0.1) is 0 Å². The molecule has 0 spiro atoms. The molecule has 4 aromatic rings. The Bertz CT molecular complexity index is 1230. The van der Waals surface area contributed by atoms with E-state index in [0.29, 0.717) is 5.56 Å². The molecular formula is C27H20F4. The highest BCUT2D eigenvalue weighted by Crippen LogP contribution is 2.32. The standard InChI is InChI=1S/C27H20F4/c1-2-3-17-4-6-18(7-5-17)19-8-11-22(25(29)14-19)20-9-12-23(26(30)15-20)21-10-13-24(28)27(31)16-21/h4-16H,2-3H2,1H3. The largest absolute Gasteiger partial charge is 0.206 e. The smallest absolute Gasteiger partial charge is 0.159 e. The Balaban J connectivity index is 1.63. The summed E-state index contributed by atoms with van der Waals surface area (Å²) in [6.45, 7) is 2.12. The molecule has 0 heterocycles. The number of benzene rings is 4. The molecule has 0 aromatic heterocycles. The highest BCUT2D eigenvalue weighted by atomic mass is 19.2. The number of hydrogen-bond acceptors (Lipinski definition) is 0. The van der Waals surface area contributed by atoms with Crippen molar-refractivity contribution in [1.29, 1.82) is 0 Å². The van der Waals surface area contributed by atoms with Crippen LogP contribution in [-0.4, -0.2) is 0 Å². The summed E-state index contributed by atoms with van der Waals surface area (Å²) in [6, 6.07) is 20.3. The summed E-state index contributed by atoms with van der Waals surface area (Å²) < 4.78 is 56.2. The van der Waals surface area contributed by atoms with Crippen LogP contribution >= 0.6 is 0 Å². The van der Waals surface area contributed by atoms with Crippen molar-refractivity contribution in [3.63, 3.8) is 0 Å². The van der Waals surface area contributed by atoms with Gasteiger partial charge in [0.2, 0.25) is 0 Å². The molecule has 0 aliphatic carbocycles. The normalized spacial score (nSPS) is 11.0. The quantitative estimate of drug-likeness (QED) is 0.286. The molecule has 0 amide bonds. The van der Waals surface area contributed by atoms with E-state index in [-0.39, 0.29) is 16.7 Å². The molecule has 0 radical (unpaired) electrons. The first-order chi connectivity index (χ1) is 15.0. The number of halogens is 4.